The summed E-state index contributed by atoms with van der Waals surface area (Å²) in [6.07, 6.45) is 11.5. The van der Waals surface area contributed by atoms with Gasteiger partial charge in [0.05, 0.1) is 5.69 Å². The van der Waals surface area contributed by atoms with E-state index >= 15 is 0 Å². The maximum Gasteiger partial charge on any atom is 0.0644 e. The molecular weight excluding hydrogens is 196 g/mol. The van der Waals surface area contributed by atoms with Crippen molar-refractivity contribution < 1.29 is 0 Å². The Labute approximate surface area is 97.8 Å². The van der Waals surface area contributed by atoms with Gasteiger partial charge >= 0.3 is 0 Å². The van der Waals surface area contributed by atoms with E-state index in [0.29, 0.717) is 0 Å². The summed E-state index contributed by atoms with van der Waals surface area (Å²) in [5, 5.41) is 6.80. The van der Waals surface area contributed by atoms with Crippen molar-refractivity contribution in [2.75, 3.05) is 0 Å². The van der Waals surface area contributed by atoms with Gasteiger partial charge in [0.1, 0.15) is 0 Å². The van der Waals surface area contributed by atoms with Crippen LogP contribution in [0.2, 0.25) is 0 Å². The quantitative estimate of drug-likeness (QED) is 0.562. The molecule has 0 aliphatic heterocycles. The second kappa shape index (κ2) is 6.83. The van der Waals surface area contributed by atoms with Gasteiger partial charge in [-0.15, -0.1) is 0 Å². The highest BCUT2D eigenvalue weighted by molar-refractivity contribution is 5.68. The van der Waals surface area contributed by atoms with Gasteiger partial charge in [-0.05, 0) is 31.4 Å². The SMILES string of the molecule is C=C(/C=C\C/C(=C\C)CCC)c1ccn[nH]1. The molecule has 0 aromatic carbocycles. The fourth-order valence-corrected chi connectivity index (χ4v) is 1.56. The van der Waals surface area contributed by atoms with Crippen LogP contribution < -0.4 is 0 Å². The zero-order valence-electron chi connectivity index (χ0n) is 10.2. The molecule has 2 nitrogen and oxygen atoms in total. The summed E-state index contributed by atoms with van der Waals surface area (Å²) in [6, 6.07) is 1.93. The molecule has 0 spiro atoms. The minimum absolute atomic E-state index is 0.976. The number of hydrogen-bond acceptors (Lipinski definition) is 1. The van der Waals surface area contributed by atoms with Crippen LogP contribution in [-0.4, -0.2) is 10.2 Å². The van der Waals surface area contributed by atoms with Gasteiger partial charge in [0, 0.05) is 6.20 Å². The molecule has 0 radical (unpaired) electrons. The molecule has 1 rings (SSSR count). The predicted molar refractivity (Wildman–Crippen MR) is 70.0 cm³/mol. The Hall–Kier alpha value is -1.57. The molecule has 2 heteroatoms. The Morgan fingerprint density at radius 2 is 2.38 bits per heavy atom. The van der Waals surface area contributed by atoms with Crippen LogP contribution in [0.1, 0.15) is 38.8 Å². The number of H-pyrrole nitrogens is 1. The molecule has 1 heterocycles. The van der Waals surface area contributed by atoms with E-state index in [1.807, 2.05) is 12.1 Å². The Balaban J connectivity index is 2.46. The minimum atomic E-state index is 0.976. The molecule has 86 valence electrons. The molecule has 0 aliphatic carbocycles. The van der Waals surface area contributed by atoms with Crippen LogP contribution >= 0.6 is 0 Å². The number of aromatic nitrogens is 2. The molecule has 0 saturated heterocycles. The van der Waals surface area contributed by atoms with Gasteiger partial charge in [-0.2, -0.15) is 5.10 Å². The summed E-state index contributed by atoms with van der Waals surface area (Å²) < 4.78 is 0. The molecule has 1 aromatic heterocycles. The molecule has 1 N–H and O–H groups in total. The lowest BCUT2D eigenvalue weighted by molar-refractivity contribution is 0.877. The third kappa shape index (κ3) is 3.89. The van der Waals surface area contributed by atoms with Gasteiger partial charge in [-0.1, -0.05) is 43.7 Å². The van der Waals surface area contributed by atoms with Crippen molar-refractivity contribution in [3.05, 3.63) is 48.3 Å². The average Bonchev–Trinajstić information content (AvgIpc) is 2.81. The molecule has 0 aliphatic rings. The van der Waals surface area contributed by atoms with E-state index in [-0.39, 0.29) is 0 Å². The first kappa shape index (κ1) is 12.5. The van der Waals surface area contributed by atoms with Gasteiger partial charge in [-0.25, -0.2) is 0 Å². The molecule has 16 heavy (non-hydrogen) atoms. The van der Waals surface area contributed by atoms with Gasteiger partial charge in [0.2, 0.25) is 0 Å². The van der Waals surface area contributed by atoms with E-state index in [1.54, 1.807) is 6.20 Å². The average molecular weight is 216 g/mol. The molecule has 1 aromatic rings. The molecule has 0 unspecified atom stereocenters. The number of hydrogen-bond donors (Lipinski definition) is 1. The van der Waals surface area contributed by atoms with E-state index in [9.17, 15) is 0 Å². The lowest BCUT2D eigenvalue weighted by Crippen LogP contribution is -1.82. The third-order valence-electron chi connectivity index (χ3n) is 2.53. The highest BCUT2D eigenvalue weighted by Gasteiger charge is 1.95. The second-order valence-electron chi connectivity index (χ2n) is 3.80. The largest absolute Gasteiger partial charge is 0.278 e. The Morgan fingerprint density at radius 1 is 1.56 bits per heavy atom. The summed E-state index contributed by atoms with van der Waals surface area (Å²) >= 11 is 0. The molecule has 0 saturated carbocycles. The topological polar surface area (TPSA) is 28.7 Å². The third-order valence-corrected chi connectivity index (χ3v) is 2.53. The van der Waals surface area contributed by atoms with E-state index in [0.717, 1.165) is 17.7 Å². The van der Waals surface area contributed by atoms with Gasteiger partial charge in [0.25, 0.3) is 0 Å². The zero-order chi connectivity index (χ0) is 11.8. The number of rotatable bonds is 6. The van der Waals surface area contributed by atoms with Crippen LogP contribution in [0.25, 0.3) is 5.57 Å². The Morgan fingerprint density at radius 3 is 2.94 bits per heavy atom. The van der Waals surface area contributed by atoms with Crippen molar-refractivity contribution >= 4 is 5.57 Å². The number of nitrogens with zero attached hydrogens (tertiary/aromatic N) is 1. The minimum Gasteiger partial charge on any atom is -0.278 e. The normalized spacial score (nSPS) is 12.2. The number of nitrogens with one attached hydrogen (secondary N) is 1. The maximum absolute atomic E-state index is 3.99. The first-order valence-corrected chi connectivity index (χ1v) is 5.77. The fourth-order valence-electron chi connectivity index (χ4n) is 1.56. The molecule has 0 amide bonds. The van der Waals surface area contributed by atoms with Gasteiger partial charge in [-0.3, -0.25) is 5.10 Å². The van der Waals surface area contributed by atoms with E-state index in [4.69, 9.17) is 0 Å². The first-order valence-electron chi connectivity index (χ1n) is 5.77. The maximum atomic E-state index is 3.99. The fraction of sp³-hybridized carbons (Fsp3) is 0.357. The molecular formula is C14H20N2. The lowest BCUT2D eigenvalue weighted by atomic mass is 10.1. The highest BCUT2D eigenvalue weighted by atomic mass is 15.1. The summed E-state index contributed by atoms with van der Waals surface area (Å²) in [5.41, 5.74) is 3.44. The van der Waals surface area contributed by atoms with Crippen molar-refractivity contribution in [3.63, 3.8) is 0 Å². The van der Waals surface area contributed by atoms with Crippen LogP contribution in [-0.2, 0) is 0 Å². The van der Waals surface area contributed by atoms with Crippen molar-refractivity contribution in [2.24, 2.45) is 0 Å². The lowest BCUT2D eigenvalue weighted by Gasteiger charge is -2.00. The zero-order valence-corrected chi connectivity index (χ0v) is 10.2. The van der Waals surface area contributed by atoms with Gasteiger partial charge in [0.15, 0.2) is 0 Å². The second-order valence-corrected chi connectivity index (χ2v) is 3.80. The standard InChI is InChI=1S/C14H20N2/c1-4-7-13(5-2)9-6-8-12(3)14-10-11-15-16-14/h5-6,8,10-11H,3-4,7,9H2,1-2H3,(H,15,16)/b8-6-,13-5-. The van der Waals surface area contributed by atoms with E-state index < -0.39 is 0 Å². The van der Waals surface area contributed by atoms with Crippen molar-refractivity contribution in [3.8, 4) is 0 Å². The Bertz CT molecular complexity index is 369. The number of aromatic amines is 1. The van der Waals surface area contributed by atoms with Crippen molar-refractivity contribution in [1.82, 2.24) is 10.2 Å². The first-order chi connectivity index (χ1) is 7.77. The predicted octanol–water partition coefficient (Wildman–Crippen LogP) is 4.12. The number of allylic oxidation sites excluding steroid dienone is 5. The van der Waals surface area contributed by atoms with Crippen LogP contribution in [0.4, 0.5) is 0 Å². The highest BCUT2D eigenvalue weighted by Crippen LogP contribution is 2.13. The summed E-state index contributed by atoms with van der Waals surface area (Å²) in [4.78, 5) is 0. The summed E-state index contributed by atoms with van der Waals surface area (Å²) in [5.74, 6) is 0. The van der Waals surface area contributed by atoms with Crippen LogP contribution in [0.15, 0.2) is 42.6 Å². The molecule has 0 bridgehead atoms. The van der Waals surface area contributed by atoms with Crippen molar-refractivity contribution in [2.45, 2.75) is 33.1 Å². The van der Waals surface area contributed by atoms with Crippen LogP contribution in [0.5, 0.6) is 0 Å². The monoisotopic (exact) mass is 216 g/mol. The van der Waals surface area contributed by atoms with Crippen LogP contribution in [0, 0.1) is 0 Å². The van der Waals surface area contributed by atoms with Gasteiger partial charge < -0.3 is 0 Å². The molecule has 0 atom stereocenters. The summed E-state index contributed by atoms with van der Waals surface area (Å²) in [7, 11) is 0. The Kier molecular flexibility index (Phi) is 5.34. The van der Waals surface area contributed by atoms with E-state index in [2.05, 4.69) is 42.8 Å². The van der Waals surface area contributed by atoms with E-state index in [1.165, 1.54) is 18.4 Å². The molecule has 0 fully saturated rings. The van der Waals surface area contributed by atoms with Crippen LogP contribution in [0.3, 0.4) is 0 Å². The smallest absolute Gasteiger partial charge is 0.0644 e. The summed E-state index contributed by atoms with van der Waals surface area (Å²) in [6.45, 7) is 8.29. The van der Waals surface area contributed by atoms with Crippen molar-refractivity contribution in [1.29, 1.82) is 0 Å².